The number of thiazole rings is 1. The average Bonchev–Trinajstić information content (AvgIpc) is 3.10. The first kappa shape index (κ1) is 15.0. The lowest BCUT2D eigenvalue weighted by Crippen LogP contribution is -1.96. The molecule has 0 aliphatic rings. The van der Waals surface area contributed by atoms with Crippen LogP contribution in [0.3, 0.4) is 0 Å². The predicted octanol–water partition coefficient (Wildman–Crippen LogP) is 5.28. The molecule has 1 N–H and O–H groups in total. The first-order valence-corrected chi connectivity index (χ1v) is 9.03. The van der Waals surface area contributed by atoms with E-state index in [1.54, 1.807) is 0 Å². The Bertz CT molecular complexity index is 787. The third-order valence-electron chi connectivity index (χ3n) is 2.60. The van der Waals surface area contributed by atoms with Crippen molar-refractivity contribution in [3.8, 4) is 21.3 Å². The van der Waals surface area contributed by atoms with E-state index in [1.807, 2.05) is 23.6 Å². The Balaban J connectivity index is 1.87. The fourth-order valence-electron chi connectivity index (χ4n) is 1.71. The fourth-order valence-corrected chi connectivity index (χ4v) is 4.09. The maximum absolute atomic E-state index is 10.7. The van der Waals surface area contributed by atoms with Gasteiger partial charge in [-0.25, -0.2) is 4.98 Å². The summed E-state index contributed by atoms with van der Waals surface area (Å²) in [6, 6.07) is 5.58. The van der Waals surface area contributed by atoms with Crippen molar-refractivity contribution >= 4 is 60.5 Å². The minimum absolute atomic E-state index is 0.0414. The van der Waals surface area contributed by atoms with Crippen molar-refractivity contribution in [1.82, 2.24) is 4.98 Å². The van der Waals surface area contributed by atoms with Crippen molar-refractivity contribution < 1.29 is 14.3 Å². The Morgan fingerprint density at radius 1 is 1.38 bits per heavy atom. The van der Waals surface area contributed by atoms with Gasteiger partial charge < -0.3 is 9.52 Å². The van der Waals surface area contributed by atoms with Crippen LogP contribution in [-0.4, -0.2) is 16.1 Å². The van der Waals surface area contributed by atoms with E-state index in [0.717, 1.165) is 24.9 Å². The second-order valence-corrected chi connectivity index (χ2v) is 7.71. The molecule has 0 unspecified atom stereocenters. The molecule has 3 aromatic heterocycles. The summed E-state index contributed by atoms with van der Waals surface area (Å²) in [5.41, 5.74) is 0.834. The van der Waals surface area contributed by atoms with Gasteiger partial charge in [0.2, 0.25) is 0 Å². The van der Waals surface area contributed by atoms with E-state index in [-0.39, 0.29) is 6.42 Å². The summed E-state index contributed by atoms with van der Waals surface area (Å²) in [6.07, 6.45) is 0.0414. The van der Waals surface area contributed by atoms with Crippen LogP contribution in [0.15, 0.2) is 37.1 Å². The monoisotopic (exact) mass is 447 g/mol. The van der Waals surface area contributed by atoms with E-state index in [2.05, 4.69) is 36.8 Å². The summed E-state index contributed by atoms with van der Waals surface area (Å²) in [4.78, 5) is 17.0. The summed E-state index contributed by atoms with van der Waals surface area (Å²) in [7, 11) is 0. The van der Waals surface area contributed by atoms with E-state index in [4.69, 9.17) is 9.52 Å². The number of nitrogens with zero attached hydrogens (tertiary/aromatic N) is 1. The van der Waals surface area contributed by atoms with Gasteiger partial charge in [0.05, 0.1) is 21.5 Å². The standard InChI is InChI=1S/C13H7Br2NO3S2/c14-7-4-9(19-12(7)15)13-16-8(5-20-13)10-2-1-6(21-10)3-11(17)18/h1-2,4-5H,3H2,(H,17,18). The van der Waals surface area contributed by atoms with Gasteiger partial charge >= 0.3 is 5.97 Å². The molecule has 0 saturated carbocycles. The zero-order chi connectivity index (χ0) is 15.0. The van der Waals surface area contributed by atoms with Crippen molar-refractivity contribution in [2.24, 2.45) is 0 Å². The maximum atomic E-state index is 10.7. The van der Waals surface area contributed by atoms with Crippen molar-refractivity contribution in [2.45, 2.75) is 6.42 Å². The van der Waals surface area contributed by atoms with Crippen LogP contribution < -0.4 is 0 Å². The Morgan fingerprint density at radius 2 is 2.19 bits per heavy atom. The number of aliphatic carboxylic acids is 1. The first-order chi connectivity index (χ1) is 10.0. The molecule has 21 heavy (non-hydrogen) atoms. The van der Waals surface area contributed by atoms with Gasteiger partial charge in [-0.2, -0.15) is 0 Å². The van der Waals surface area contributed by atoms with Crippen molar-refractivity contribution in [1.29, 1.82) is 0 Å². The Labute approximate surface area is 144 Å². The van der Waals surface area contributed by atoms with Crippen LogP contribution in [-0.2, 0) is 11.2 Å². The van der Waals surface area contributed by atoms with Crippen LogP contribution >= 0.6 is 54.5 Å². The zero-order valence-corrected chi connectivity index (χ0v) is 15.1. The summed E-state index contributed by atoms with van der Waals surface area (Å²) in [6.45, 7) is 0. The maximum Gasteiger partial charge on any atom is 0.308 e. The number of thiophene rings is 1. The number of hydrogen-bond acceptors (Lipinski definition) is 5. The third kappa shape index (κ3) is 3.28. The summed E-state index contributed by atoms with van der Waals surface area (Å²) in [5, 5.41) is 11.5. The number of halogens is 2. The summed E-state index contributed by atoms with van der Waals surface area (Å²) in [5.74, 6) is -0.139. The molecule has 0 fully saturated rings. The van der Waals surface area contributed by atoms with E-state index >= 15 is 0 Å². The number of rotatable bonds is 4. The SMILES string of the molecule is O=C(O)Cc1ccc(-c2csc(-c3cc(Br)c(Br)o3)n2)s1. The molecule has 0 atom stereocenters. The minimum Gasteiger partial charge on any atom is -0.481 e. The molecule has 3 aromatic rings. The summed E-state index contributed by atoms with van der Waals surface area (Å²) >= 11 is 9.61. The molecule has 8 heteroatoms. The molecule has 0 spiro atoms. The quantitative estimate of drug-likeness (QED) is 0.589. The average molecular weight is 449 g/mol. The highest BCUT2D eigenvalue weighted by Gasteiger charge is 2.14. The van der Waals surface area contributed by atoms with Crippen LogP contribution in [0.25, 0.3) is 21.3 Å². The van der Waals surface area contributed by atoms with Gasteiger partial charge in [-0.15, -0.1) is 22.7 Å². The molecular formula is C13H7Br2NO3S2. The van der Waals surface area contributed by atoms with Crippen LogP contribution in [0.1, 0.15) is 4.88 Å². The van der Waals surface area contributed by atoms with Crippen LogP contribution in [0.4, 0.5) is 0 Å². The van der Waals surface area contributed by atoms with Crippen LogP contribution in [0.2, 0.25) is 0 Å². The normalized spacial score (nSPS) is 11.0. The number of aromatic nitrogens is 1. The van der Waals surface area contributed by atoms with Crippen molar-refractivity contribution in [3.63, 3.8) is 0 Å². The number of carboxylic acid groups (broad SMARTS) is 1. The lowest BCUT2D eigenvalue weighted by Gasteiger charge is -1.90. The molecule has 108 valence electrons. The lowest BCUT2D eigenvalue weighted by molar-refractivity contribution is -0.136. The number of carbonyl (C=O) groups is 1. The predicted molar refractivity (Wildman–Crippen MR) is 89.9 cm³/mol. The Kier molecular flexibility index (Phi) is 4.30. The van der Waals surface area contributed by atoms with Crippen molar-refractivity contribution in [2.75, 3.05) is 0 Å². The molecule has 4 nitrogen and oxygen atoms in total. The van der Waals surface area contributed by atoms with Gasteiger partial charge in [0.15, 0.2) is 15.4 Å². The second-order valence-electron chi connectivity index (χ2n) is 4.11. The Hall–Kier alpha value is -0.960. The summed E-state index contributed by atoms with van der Waals surface area (Å²) < 4.78 is 7.03. The molecule has 0 radical (unpaired) electrons. The topological polar surface area (TPSA) is 63.3 Å². The van der Waals surface area contributed by atoms with E-state index < -0.39 is 5.97 Å². The molecule has 0 saturated heterocycles. The van der Waals surface area contributed by atoms with Gasteiger partial charge in [-0.05, 0) is 44.0 Å². The zero-order valence-electron chi connectivity index (χ0n) is 10.3. The van der Waals surface area contributed by atoms with Gasteiger partial charge in [0, 0.05) is 16.3 Å². The molecule has 3 heterocycles. The molecule has 0 aliphatic heterocycles. The van der Waals surface area contributed by atoms with E-state index in [1.165, 1.54) is 22.7 Å². The van der Waals surface area contributed by atoms with E-state index in [9.17, 15) is 4.79 Å². The number of hydrogen-bond donors (Lipinski definition) is 1. The smallest absolute Gasteiger partial charge is 0.308 e. The molecule has 0 aliphatic carbocycles. The highest BCUT2D eigenvalue weighted by atomic mass is 79.9. The highest BCUT2D eigenvalue weighted by molar-refractivity contribution is 9.13. The first-order valence-electron chi connectivity index (χ1n) is 5.74. The minimum atomic E-state index is -0.826. The van der Waals surface area contributed by atoms with Crippen LogP contribution in [0.5, 0.6) is 0 Å². The highest BCUT2D eigenvalue weighted by Crippen LogP contribution is 2.37. The van der Waals surface area contributed by atoms with Gasteiger partial charge in [0.1, 0.15) is 0 Å². The largest absolute Gasteiger partial charge is 0.481 e. The van der Waals surface area contributed by atoms with Crippen molar-refractivity contribution in [3.05, 3.63) is 37.6 Å². The van der Waals surface area contributed by atoms with Gasteiger partial charge in [0.25, 0.3) is 0 Å². The molecule has 3 rings (SSSR count). The van der Waals surface area contributed by atoms with E-state index in [0.29, 0.717) is 10.4 Å². The molecule has 0 amide bonds. The van der Waals surface area contributed by atoms with Crippen LogP contribution in [0, 0.1) is 0 Å². The number of carboxylic acids is 1. The molecule has 0 aromatic carbocycles. The lowest BCUT2D eigenvalue weighted by atomic mass is 10.3. The molecular weight excluding hydrogens is 442 g/mol. The molecule has 0 bridgehead atoms. The van der Waals surface area contributed by atoms with Gasteiger partial charge in [-0.3, -0.25) is 4.79 Å². The number of furan rings is 1. The fraction of sp³-hybridized carbons (Fsp3) is 0.0769. The van der Waals surface area contributed by atoms with Gasteiger partial charge in [-0.1, -0.05) is 0 Å². The third-order valence-corrected chi connectivity index (χ3v) is 6.27. The second kappa shape index (κ2) is 6.04. The Morgan fingerprint density at radius 3 is 2.86 bits per heavy atom.